The van der Waals surface area contributed by atoms with Crippen LogP contribution in [-0.4, -0.2) is 54.5 Å². The molecule has 1 aromatic heterocycles. The molecule has 0 radical (unpaired) electrons. The molecule has 4 rings (SSSR count). The van der Waals surface area contributed by atoms with Crippen LogP contribution in [0.2, 0.25) is 0 Å². The minimum atomic E-state index is -0.469. The molecule has 188 valence electrons. The van der Waals surface area contributed by atoms with Crippen LogP contribution in [0.4, 0.5) is 5.69 Å². The van der Waals surface area contributed by atoms with Crippen LogP contribution in [0.25, 0.3) is 0 Å². The Bertz CT molecular complexity index is 1260. The van der Waals surface area contributed by atoms with Crippen molar-refractivity contribution in [3.63, 3.8) is 0 Å². The number of hydrogen-bond donors (Lipinski definition) is 1. The first-order chi connectivity index (χ1) is 17.3. The van der Waals surface area contributed by atoms with Gasteiger partial charge in [0.05, 0.1) is 17.7 Å². The highest BCUT2D eigenvalue weighted by molar-refractivity contribution is 7.10. The average Bonchev–Trinajstić information content (AvgIpc) is 3.39. The van der Waals surface area contributed by atoms with Crippen molar-refractivity contribution in [2.24, 2.45) is 0 Å². The van der Waals surface area contributed by atoms with Crippen LogP contribution < -0.4 is 10.1 Å². The molecular weight excluding hydrogens is 478 g/mol. The van der Waals surface area contributed by atoms with E-state index in [9.17, 15) is 14.4 Å². The van der Waals surface area contributed by atoms with Crippen molar-refractivity contribution >= 4 is 34.8 Å². The second-order valence-electron chi connectivity index (χ2n) is 8.79. The van der Waals surface area contributed by atoms with Crippen molar-refractivity contribution in [1.29, 1.82) is 0 Å². The Morgan fingerprint density at radius 1 is 1.08 bits per heavy atom. The van der Waals surface area contributed by atoms with Gasteiger partial charge in [-0.3, -0.25) is 9.59 Å². The summed E-state index contributed by atoms with van der Waals surface area (Å²) in [6.07, 6.45) is 1.57. The van der Waals surface area contributed by atoms with E-state index in [1.165, 1.54) is 24.0 Å². The van der Waals surface area contributed by atoms with Crippen molar-refractivity contribution in [3.05, 3.63) is 75.2 Å². The van der Waals surface area contributed by atoms with Crippen LogP contribution in [0.3, 0.4) is 0 Å². The summed E-state index contributed by atoms with van der Waals surface area (Å²) in [6, 6.07) is 12.4. The van der Waals surface area contributed by atoms with Gasteiger partial charge in [0.2, 0.25) is 0 Å². The minimum Gasteiger partial charge on any atom is -0.484 e. The maximum atomic E-state index is 12.7. The summed E-state index contributed by atoms with van der Waals surface area (Å²) < 4.78 is 10.4. The van der Waals surface area contributed by atoms with E-state index >= 15 is 0 Å². The summed E-state index contributed by atoms with van der Waals surface area (Å²) in [7, 11) is 1.31. The molecule has 8 nitrogen and oxygen atoms in total. The Morgan fingerprint density at radius 2 is 1.86 bits per heavy atom. The molecule has 2 aromatic carbocycles. The number of benzene rings is 2. The number of carbonyl (C=O) groups excluding carboxylic acids is 3. The van der Waals surface area contributed by atoms with Gasteiger partial charge >= 0.3 is 5.97 Å². The zero-order valence-electron chi connectivity index (χ0n) is 20.6. The smallest absolute Gasteiger partial charge is 0.337 e. The Kier molecular flexibility index (Phi) is 8.00. The van der Waals surface area contributed by atoms with E-state index in [2.05, 4.69) is 10.3 Å². The fourth-order valence-corrected chi connectivity index (χ4v) is 5.00. The topological polar surface area (TPSA) is 97.8 Å². The number of thiazole rings is 1. The molecule has 9 heteroatoms. The maximum Gasteiger partial charge on any atom is 0.337 e. The predicted octanol–water partition coefficient (Wildman–Crippen LogP) is 4.58. The zero-order chi connectivity index (χ0) is 25.7. The molecule has 0 atom stereocenters. The van der Waals surface area contributed by atoms with Crippen LogP contribution >= 0.6 is 11.3 Å². The van der Waals surface area contributed by atoms with Gasteiger partial charge < -0.3 is 19.7 Å². The zero-order valence-corrected chi connectivity index (χ0v) is 21.4. The monoisotopic (exact) mass is 507 g/mol. The highest BCUT2D eigenvalue weighted by Crippen LogP contribution is 2.30. The summed E-state index contributed by atoms with van der Waals surface area (Å²) in [5.74, 6) is 0.0650. The van der Waals surface area contributed by atoms with Gasteiger partial charge in [-0.15, -0.1) is 11.3 Å². The van der Waals surface area contributed by atoms with E-state index in [1.54, 1.807) is 29.6 Å². The summed E-state index contributed by atoms with van der Waals surface area (Å²) >= 11 is 1.45. The molecule has 1 aliphatic heterocycles. The van der Waals surface area contributed by atoms with Gasteiger partial charge in [-0.2, -0.15) is 0 Å². The number of rotatable bonds is 7. The first kappa shape index (κ1) is 25.4. The predicted molar refractivity (Wildman–Crippen MR) is 138 cm³/mol. The van der Waals surface area contributed by atoms with Crippen molar-refractivity contribution in [2.75, 3.05) is 32.1 Å². The molecule has 0 saturated carbocycles. The molecule has 0 spiro atoms. The van der Waals surface area contributed by atoms with Gasteiger partial charge in [-0.25, -0.2) is 9.78 Å². The number of ether oxygens (including phenoxy) is 2. The van der Waals surface area contributed by atoms with Crippen LogP contribution in [-0.2, 0) is 9.53 Å². The average molecular weight is 508 g/mol. The number of carbonyl (C=O) groups is 3. The number of likely N-dealkylation sites (tertiary alicyclic amines) is 1. The summed E-state index contributed by atoms with van der Waals surface area (Å²) in [5, 5.41) is 5.41. The van der Waals surface area contributed by atoms with E-state index in [4.69, 9.17) is 9.47 Å². The highest BCUT2D eigenvalue weighted by Gasteiger charge is 2.26. The fourth-order valence-electron chi connectivity index (χ4n) is 4.03. The second-order valence-corrected chi connectivity index (χ2v) is 9.68. The van der Waals surface area contributed by atoms with Gasteiger partial charge in [-0.1, -0.05) is 12.1 Å². The molecule has 0 aliphatic carbocycles. The molecule has 36 heavy (non-hydrogen) atoms. The van der Waals surface area contributed by atoms with Crippen molar-refractivity contribution in [1.82, 2.24) is 9.88 Å². The van der Waals surface area contributed by atoms with E-state index in [0.717, 1.165) is 23.4 Å². The van der Waals surface area contributed by atoms with Crippen LogP contribution in [0.15, 0.2) is 47.8 Å². The number of methoxy groups -OCH3 is 1. The number of nitrogens with zero attached hydrogens (tertiary/aromatic N) is 2. The largest absolute Gasteiger partial charge is 0.484 e. The first-order valence-electron chi connectivity index (χ1n) is 11.8. The van der Waals surface area contributed by atoms with E-state index in [0.29, 0.717) is 35.8 Å². The van der Waals surface area contributed by atoms with Crippen LogP contribution in [0.5, 0.6) is 5.75 Å². The van der Waals surface area contributed by atoms with Gasteiger partial charge in [-0.05, 0) is 68.1 Å². The molecule has 0 unspecified atom stereocenters. The maximum absolute atomic E-state index is 12.7. The molecule has 1 N–H and O–H groups in total. The third kappa shape index (κ3) is 6.09. The SMILES string of the molecule is COC(=O)c1cccc(NC(=O)c2csc(C3CCN(C(=O)COc4ccc(C)c(C)c4)CC3)n2)c1. The molecule has 1 fully saturated rings. The van der Waals surface area contributed by atoms with Crippen molar-refractivity contribution in [2.45, 2.75) is 32.6 Å². The molecule has 1 saturated heterocycles. The molecule has 2 amide bonds. The number of hydrogen-bond acceptors (Lipinski definition) is 7. The summed E-state index contributed by atoms with van der Waals surface area (Å²) in [6.45, 7) is 5.33. The lowest BCUT2D eigenvalue weighted by Gasteiger charge is -2.31. The quantitative estimate of drug-likeness (QED) is 0.470. The summed E-state index contributed by atoms with van der Waals surface area (Å²) in [5.41, 5.74) is 3.50. The molecule has 3 aromatic rings. The minimum absolute atomic E-state index is 0.0198. The molecule has 0 bridgehead atoms. The van der Waals surface area contributed by atoms with Crippen LogP contribution in [0.1, 0.15) is 55.7 Å². The highest BCUT2D eigenvalue weighted by atomic mass is 32.1. The third-order valence-electron chi connectivity index (χ3n) is 6.33. The van der Waals surface area contributed by atoms with E-state index in [-0.39, 0.29) is 24.3 Å². The van der Waals surface area contributed by atoms with E-state index in [1.807, 2.05) is 36.9 Å². The number of aromatic nitrogens is 1. The molecular formula is C27H29N3O5S. The van der Waals surface area contributed by atoms with Gasteiger partial charge in [0, 0.05) is 30.1 Å². The number of nitrogens with one attached hydrogen (secondary N) is 1. The Hall–Kier alpha value is -3.72. The number of aryl methyl sites for hydroxylation is 2. The lowest BCUT2D eigenvalue weighted by molar-refractivity contribution is -0.134. The van der Waals surface area contributed by atoms with Crippen molar-refractivity contribution < 1.29 is 23.9 Å². The lowest BCUT2D eigenvalue weighted by atomic mass is 9.97. The van der Waals surface area contributed by atoms with Gasteiger partial charge in [0.25, 0.3) is 11.8 Å². The Balaban J connectivity index is 1.28. The van der Waals surface area contributed by atoms with Crippen LogP contribution in [0, 0.1) is 13.8 Å². The second kappa shape index (κ2) is 11.3. The first-order valence-corrected chi connectivity index (χ1v) is 12.6. The third-order valence-corrected chi connectivity index (χ3v) is 7.34. The van der Waals surface area contributed by atoms with Crippen molar-refractivity contribution in [3.8, 4) is 5.75 Å². The Labute approximate surface area is 214 Å². The number of esters is 1. The molecule has 2 heterocycles. The number of anilines is 1. The van der Waals surface area contributed by atoms with Gasteiger partial charge in [0.1, 0.15) is 11.4 Å². The number of amides is 2. The number of piperidine rings is 1. The van der Waals surface area contributed by atoms with E-state index < -0.39 is 5.97 Å². The fraction of sp³-hybridized carbons (Fsp3) is 0.333. The van der Waals surface area contributed by atoms with Gasteiger partial charge in [0.15, 0.2) is 6.61 Å². The lowest BCUT2D eigenvalue weighted by Crippen LogP contribution is -2.40. The summed E-state index contributed by atoms with van der Waals surface area (Å²) in [4.78, 5) is 43.4. The standard InChI is InChI=1S/C27H29N3O5S/c1-17-7-8-22(13-18(17)2)35-15-24(31)30-11-9-19(10-12-30)26-29-23(16-36-26)25(32)28-21-6-4-5-20(14-21)27(33)34-3/h4-8,13-14,16,19H,9-12,15H2,1-3H3,(H,28,32). The molecule has 1 aliphatic rings. The Morgan fingerprint density at radius 3 is 2.58 bits per heavy atom. The normalized spacial score (nSPS) is 13.8.